The molecule has 10 heteroatoms. The number of hydrogen-bond donors (Lipinski definition) is 0. The lowest BCUT2D eigenvalue weighted by atomic mass is 10.0. The molecule has 2 atom stereocenters. The standard InChI is InChI=1S/C49H92N2O8/c1-6-9-12-15-18-19-20-23-30-39-56-46(52)34-27-24-29-37-51-42-44(59-48(54)36-38-50(4)5)41-45(51)49(55)57-40-31-28-35-47(53)58-43(32-25-21-16-13-10-7-2)33-26-22-17-14-11-8-3/h43-45H,6-42H2,1-5H3. The van der Waals surface area contributed by atoms with Gasteiger partial charge in [-0.15, -0.1) is 0 Å². The van der Waals surface area contributed by atoms with Gasteiger partial charge in [0, 0.05) is 32.4 Å². The summed E-state index contributed by atoms with van der Waals surface area (Å²) in [6.45, 7) is 9.20. The Balaban J connectivity index is 2.47. The van der Waals surface area contributed by atoms with E-state index in [0.717, 1.165) is 57.8 Å². The number of hydrogen-bond acceptors (Lipinski definition) is 10. The second-order valence-electron chi connectivity index (χ2n) is 17.6. The van der Waals surface area contributed by atoms with Gasteiger partial charge in [-0.2, -0.15) is 0 Å². The molecule has 1 heterocycles. The minimum Gasteiger partial charge on any atom is -0.466 e. The monoisotopic (exact) mass is 837 g/mol. The molecule has 1 rings (SSSR count). The summed E-state index contributed by atoms with van der Waals surface area (Å²) in [4.78, 5) is 55.1. The zero-order valence-electron chi connectivity index (χ0n) is 39.1. The molecular formula is C49H92N2O8. The lowest BCUT2D eigenvalue weighted by Crippen LogP contribution is -2.38. The van der Waals surface area contributed by atoms with Crippen LogP contribution in [0.5, 0.6) is 0 Å². The fraction of sp³-hybridized carbons (Fsp3) is 0.918. The molecule has 0 aromatic carbocycles. The van der Waals surface area contributed by atoms with Gasteiger partial charge < -0.3 is 23.8 Å². The van der Waals surface area contributed by atoms with E-state index in [1.54, 1.807) is 0 Å². The Morgan fingerprint density at radius 2 is 1.02 bits per heavy atom. The summed E-state index contributed by atoms with van der Waals surface area (Å²) in [6.07, 6.45) is 32.4. The van der Waals surface area contributed by atoms with Gasteiger partial charge in [-0.25, -0.2) is 0 Å². The summed E-state index contributed by atoms with van der Waals surface area (Å²) in [6, 6.07) is -0.488. The van der Waals surface area contributed by atoms with E-state index >= 15 is 0 Å². The zero-order chi connectivity index (χ0) is 43.2. The lowest BCUT2D eigenvalue weighted by molar-refractivity contribution is -0.151. The third kappa shape index (κ3) is 32.2. The van der Waals surface area contributed by atoms with Crippen LogP contribution in [0.4, 0.5) is 0 Å². The van der Waals surface area contributed by atoms with E-state index in [1.807, 2.05) is 19.0 Å². The SMILES string of the molecule is CCCCCCCCCCCOC(=O)CCCCCN1CC(OC(=O)CCN(C)C)CC1C(=O)OCCCCC(=O)OC(CCCCCCCC)CCCCCCCC. The number of unbranched alkanes of at least 4 members (excludes halogenated alkanes) is 21. The molecule has 1 fully saturated rings. The van der Waals surface area contributed by atoms with Crippen molar-refractivity contribution in [1.29, 1.82) is 0 Å². The third-order valence-electron chi connectivity index (χ3n) is 11.6. The first-order chi connectivity index (χ1) is 28.7. The van der Waals surface area contributed by atoms with Crippen LogP contribution in [0.2, 0.25) is 0 Å². The maximum absolute atomic E-state index is 13.4. The van der Waals surface area contributed by atoms with Gasteiger partial charge in [0.25, 0.3) is 0 Å². The summed E-state index contributed by atoms with van der Waals surface area (Å²) in [5.74, 6) is -0.846. The Kier molecular flexibility index (Phi) is 36.0. The zero-order valence-corrected chi connectivity index (χ0v) is 39.1. The average Bonchev–Trinajstić information content (AvgIpc) is 3.61. The fourth-order valence-corrected chi connectivity index (χ4v) is 7.88. The predicted molar refractivity (Wildman–Crippen MR) is 240 cm³/mol. The van der Waals surface area contributed by atoms with Crippen molar-refractivity contribution in [2.24, 2.45) is 0 Å². The maximum Gasteiger partial charge on any atom is 0.323 e. The molecule has 0 aromatic rings. The number of nitrogens with zero attached hydrogens (tertiary/aromatic N) is 2. The Morgan fingerprint density at radius 3 is 1.59 bits per heavy atom. The van der Waals surface area contributed by atoms with E-state index in [2.05, 4.69) is 25.7 Å². The maximum atomic E-state index is 13.4. The van der Waals surface area contributed by atoms with E-state index in [0.29, 0.717) is 64.8 Å². The lowest BCUT2D eigenvalue weighted by Gasteiger charge is -2.22. The van der Waals surface area contributed by atoms with Crippen molar-refractivity contribution in [2.45, 2.75) is 244 Å². The predicted octanol–water partition coefficient (Wildman–Crippen LogP) is 11.7. The summed E-state index contributed by atoms with van der Waals surface area (Å²) in [5.41, 5.74) is 0. The molecule has 0 aromatic heterocycles. The van der Waals surface area contributed by atoms with E-state index in [4.69, 9.17) is 18.9 Å². The van der Waals surface area contributed by atoms with Crippen LogP contribution in [-0.2, 0) is 38.1 Å². The van der Waals surface area contributed by atoms with Gasteiger partial charge in [0.1, 0.15) is 18.2 Å². The molecule has 10 nitrogen and oxygen atoms in total. The Labute approximate surface area is 362 Å². The van der Waals surface area contributed by atoms with E-state index in [-0.39, 0.29) is 42.7 Å². The van der Waals surface area contributed by atoms with Gasteiger partial charge in [-0.1, -0.05) is 143 Å². The van der Waals surface area contributed by atoms with Crippen LogP contribution >= 0.6 is 0 Å². The Bertz CT molecular complexity index is 1020. The molecule has 346 valence electrons. The first kappa shape index (κ1) is 54.8. The Hall–Kier alpha value is -2.20. The van der Waals surface area contributed by atoms with Crippen molar-refractivity contribution in [3.8, 4) is 0 Å². The number of likely N-dealkylation sites (tertiary alicyclic amines) is 1. The van der Waals surface area contributed by atoms with Gasteiger partial charge in [-0.3, -0.25) is 24.1 Å². The summed E-state index contributed by atoms with van der Waals surface area (Å²) in [7, 11) is 3.84. The summed E-state index contributed by atoms with van der Waals surface area (Å²) in [5, 5.41) is 0. The molecule has 0 radical (unpaired) electrons. The minimum atomic E-state index is -0.488. The smallest absolute Gasteiger partial charge is 0.323 e. The van der Waals surface area contributed by atoms with Crippen LogP contribution in [0.1, 0.15) is 226 Å². The van der Waals surface area contributed by atoms with Crippen LogP contribution in [0, 0.1) is 0 Å². The molecular weight excluding hydrogens is 745 g/mol. The molecule has 0 spiro atoms. The molecule has 1 aliphatic heterocycles. The molecule has 0 amide bonds. The topological polar surface area (TPSA) is 112 Å². The van der Waals surface area contributed by atoms with Gasteiger partial charge in [0.15, 0.2) is 0 Å². The van der Waals surface area contributed by atoms with Crippen molar-refractivity contribution >= 4 is 23.9 Å². The summed E-state index contributed by atoms with van der Waals surface area (Å²) >= 11 is 0. The highest BCUT2D eigenvalue weighted by Crippen LogP contribution is 2.24. The van der Waals surface area contributed by atoms with Crippen LogP contribution in [0.3, 0.4) is 0 Å². The van der Waals surface area contributed by atoms with Crippen LogP contribution in [-0.4, -0.2) is 98.9 Å². The highest BCUT2D eigenvalue weighted by Gasteiger charge is 2.39. The molecule has 59 heavy (non-hydrogen) atoms. The average molecular weight is 837 g/mol. The molecule has 0 bridgehead atoms. The van der Waals surface area contributed by atoms with Crippen LogP contribution in [0.25, 0.3) is 0 Å². The second kappa shape index (κ2) is 38.7. The molecule has 0 saturated carbocycles. The largest absolute Gasteiger partial charge is 0.466 e. The number of esters is 4. The molecule has 2 unspecified atom stereocenters. The van der Waals surface area contributed by atoms with E-state index in [1.165, 1.54) is 109 Å². The number of rotatable bonds is 41. The van der Waals surface area contributed by atoms with E-state index in [9.17, 15) is 19.2 Å². The molecule has 1 saturated heterocycles. The first-order valence-corrected chi connectivity index (χ1v) is 24.8. The van der Waals surface area contributed by atoms with Crippen molar-refractivity contribution in [2.75, 3.05) is 46.9 Å². The van der Waals surface area contributed by atoms with Crippen LogP contribution < -0.4 is 0 Å². The number of carbonyl (C=O) groups excluding carboxylic acids is 4. The fourth-order valence-electron chi connectivity index (χ4n) is 7.88. The van der Waals surface area contributed by atoms with Gasteiger partial charge in [0.2, 0.25) is 0 Å². The minimum absolute atomic E-state index is 0.000789. The molecule has 1 aliphatic rings. The quantitative estimate of drug-likeness (QED) is 0.0335. The van der Waals surface area contributed by atoms with Crippen molar-refractivity contribution in [3.05, 3.63) is 0 Å². The highest BCUT2D eigenvalue weighted by molar-refractivity contribution is 5.76. The number of carbonyl (C=O) groups is 4. The first-order valence-electron chi connectivity index (χ1n) is 24.8. The van der Waals surface area contributed by atoms with Crippen LogP contribution in [0.15, 0.2) is 0 Å². The van der Waals surface area contributed by atoms with E-state index < -0.39 is 6.04 Å². The molecule has 0 aliphatic carbocycles. The molecule has 0 N–H and O–H groups in total. The van der Waals surface area contributed by atoms with Gasteiger partial charge >= 0.3 is 23.9 Å². The summed E-state index contributed by atoms with van der Waals surface area (Å²) < 4.78 is 23.0. The number of ether oxygens (including phenoxy) is 4. The third-order valence-corrected chi connectivity index (χ3v) is 11.6. The normalized spacial score (nSPS) is 15.6. The highest BCUT2D eigenvalue weighted by atomic mass is 16.6. The van der Waals surface area contributed by atoms with Crippen molar-refractivity contribution < 1.29 is 38.1 Å². The van der Waals surface area contributed by atoms with Crippen molar-refractivity contribution in [1.82, 2.24) is 9.80 Å². The Morgan fingerprint density at radius 1 is 0.542 bits per heavy atom. The van der Waals surface area contributed by atoms with Gasteiger partial charge in [-0.05, 0) is 78.4 Å². The van der Waals surface area contributed by atoms with Gasteiger partial charge in [0.05, 0.1) is 19.6 Å². The second-order valence-corrected chi connectivity index (χ2v) is 17.6. The van der Waals surface area contributed by atoms with Crippen molar-refractivity contribution in [3.63, 3.8) is 0 Å².